The maximum Gasteiger partial charge on any atom is 0.231 e. The molecule has 11 rings (SSSR count). The first-order valence-corrected chi connectivity index (χ1v) is 17.5. The highest BCUT2D eigenvalue weighted by Gasteiger charge is 2.77. The molecule has 3 aromatic rings. The van der Waals surface area contributed by atoms with Gasteiger partial charge in [0, 0.05) is 18.3 Å². The van der Waals surface area contributed by atoms with E-state index in [2.05, 4.69) is 41.0 Å². The number of benzene rings is 3. The van der Waals surface area contributed by atoms with Gasteiger partial charge in [-0.25, -0.2) is 8.78 Å². The van der Waals surface area contributed by atoms with Gasteiger partial charge in [0.1, 0.15) is 11.6 Å². The van der Waals surface area contributed by atoms with Crippen LogP contribution >= 0.6 is 0 Å². The minimum Gasteiger partial charge on any atom is -0.326 e. The molecule has 0 heterocycles. The number of hydrogen-bond donors (Lipinski definition) is 3. The number of nitrogens with two attached hydrogens (primary N) is 1. The molecule has 0 atom stereocenters. The van der Waals surface area contributed by atoms with Crippen LogP contribution in [-0.2, 0) is 16.0 Å². The standard InChI is InChI=1S/C24H26FNO.C16H19FN2O.H2/c25-19-7-9-20(10-8-19)26-21(27)24(12-4-13-24)23-15-22(16-23,17-23)14-11-18-5-2-1-3-6-18;17-11-2-4-12(5-3-11)19-13(20)16(6-1-7-16)14-8-15(18,9-14)10-14;/h1-3,5-10H,4,11-17H2,(H,26,27);2-5H,1,6-10,18H2,(H,19,20);1H. The van der Waals surface area contributed by atoms with Crippen molar-refractivity contribution in [3.8, 4) is 0 Å². The molecule has 47 heavy (non-hydrogen) atoms. The molecule has 0 spiro atoms. The van der Waals surface area contributed by atoms with E-state index in [0.29, 0.717) is 16.8 Å². The number of aryl methyl sites for hydroxylation is 1. The Morgan fingerprint density at radius 1 is 0.638 bits per heavy atom. The number of anilines is 2. The molecule has 0 saturated heterocycles. The van der Waals surface area contributed by atoms with Gasteiger partial charge < -0.3 is 16.4 Å². The molecular formula is C40H47F2N3O2. The van der Waals surface area contributed by atoms with Crippen LogP contribution in [0.25, 0.3) is 0 Å². The van der Waals surface area contributed by atoms with Crippen LogP contribution < -0.4 is 16.4 Å². The minimum atomic E-state index is -0.286. The number of rotatable bonds is 9. The van der Waals surface area contributed by atoms with E-state index in [1.165, 1.54) is 55.5 Å². The summed E-state index contributed by atoms with van der Waals surface area (Å²) in [5, 5.41) is 6.05. The summed E-state index contributed by atoms with van der Waals surface area (Å²) < 4.78 is 26.0. The fourth-order valence-electron chi connectivity index (χ4n) is 10.8. The number of carbonyl (C=O) groups excluding carboxylic acids is 2. The summed E-state index contributed by atoms with van der Waals surface area (Å²) >= 11 is 0. The second kappa shape index (κ2) is 10.7. The molecule has 3 aromatic carbocycles. The molecule has 0 radical (unpaired) electrons. The number of carbonyl (C=O) groups is 2. The Morgan fingerprint density at radius 3 is 1.45 bits per heavy atom. The highest BCUT2D eigenvalue weighted by molar-refractivity contribution is 5.97. The maximum absolute atomic E-state index is 13.1. The predicted molar refractivity (Wildman–Crippen MR) is 181 cm³/mol. The van der Waals surface area contributed by atoms with Crippen molar-refractivity contribution in [3.63, 3.8) is 0 Å². The Labute approximate surface area is 277 Å². The lowest BCUT2D eigenvalue weighted by Crippen LogP contribution is -2.79. The highest BCUT2D eigenvalue weighted by atomic mass is 19.1. The normalized spacial score (nSPS) is 32.6. The quantitative estimate of drug-likeness (QED) is 0.219. The second-order valence-electron chi connectivity index (χ2n) is 16.3. The van der Waals surface area contributed by atoms with E-state index in [-0.39, 0.29) is 52.1 Å². The number of hydrogen-bond acceptors (Lipinski definition) is 3. The van der Waals surface area contributed by atoms with E-state index in [1.54, 1.807) is 24.3 Å². The smallest absolute Gasteiger partial charge is 0.231 e. The number of amides is 2. The summed E-state index contributed by atoms with van der Waals surface area (Å²) in [6.45, 7) is 0. The van der Waals surface area contributed by atoms with Crippen LogP contribution in [0.5, 0.6) is 0 Å². The third-order valence-electron chi connectivity index (χ3n) is 13.5. The van der Waals surface area contributed by atoms with E-state index in [4.69, 9.17) is 5.73 Å². The van der Waals surface area contributed by atoms with Crippen molar-refractivity contribution in [3.05, 3.63) is 96.1 Å². The lowest BCUT2D eigenvalue weighted by Gasteiger charge is -2.78. The summed E-state index contributed by atoms with van der Waals surface area (Å²) in [5.41, 5.74) is 9.44. The number of halogens is 2. The first-order chi connectivity index (χ1) is 22.5. The molecule has 0 unspecified atom stereocenters. The van der Waals surface area contributed by atoms with E-state index < -0.39 is 0 Å². The molecule has 8 fully saturated rings. The molecule has 0 aromatic heterocycles. The summed E-state index contributed by atoms with van der Waals surface area (Å²) in [7, 11) is 0. The van der Waals surface area contributed by atoms with E-state index in [9.17, 15) is 18.4 Å². The Bertz CT molecular complexity index is 1650. The van der Waals surface area contributed by atoms with Gasteiger partial charge >= 0.3 is 0 Å². The second-order valence-corrected chi connectivity index (χ2v) is 16.3. The lowest BCUT2D eigenvalue weighted by molar-refractivity contribution is -0.283. The van der Waals surface area contributed by atoms with Gasteiger partial charge in [0.2, 0.25) is 11.8 Å². The molecule has 8 aliphatic rings. The summed E-state index contributed by atoms with van der Waals surface area (Å²) in [6, 6.07) is 22.8. The van der Waals surface area contributed by atoms with Crippen molar-refractivity contribution in [1.29, 1.82) is 0 Å². The minimum absolute atomic E-state index is 0. The lowest BCUT2D eigenvalue weighted by atomic mass is 9.25. The molecule has 4 N–H and O–H groups in total. The van der Waals surface area contributed by atoms with Crippen LogP contribution in [0.15, 0.2) is 78.9 Å². The Hall–Kier alpha value is -3.58. The van der Waals surface area contributed by atoms with E-state index in [0.717, 1.165) is 64.2 Å². The van der Waals surface area contributed by atoms with Gasteiger partial charge in [-0.15, -0.1) is 0 Å². The average molecular weight is 640 g/mol. The van der Waals surface area contributed by atoms with Crippen LogP contribution in [0.4, 0.5) is 20.2 Å². The van der Waals surface area contributed by atoms with Crippen LogP contribution in [-0.4, -0.2) is 17.4 Å². The summed E-state index contributed by atoms with van der Waals surface area (Å²) in [5.74, 6) is -0.286. The van der Waals surface area contributed by atoms with Gasteiger partial charge in [0.15, 0.2) is 0 Å². The molecule has 248 valence electrons. The first kappa shape index (κ1) is 30.7. The third kappa shape index (κ3) is 4.78. The SMILES string of the molecule is NC12CC(C3(C(=O)Nc4ccc(F)cc4)CCC3)(C1)C2.O=C(Nc1ccc(F)cc1)C1(C23CC(CCc4ccccc4)(C2)C3)CCC1.[HH]. The largest absolute Gasteiger partial charge is 0.326 e. The summed E-state index contributed by atoms with van der Waals surface area (Å²) in [6.07, 6.45) is 15.2. The Morgan fingerprint density at radius 2 is 1.06 bits per heavy atom. The first-order valence-electron chi connectivity index (χ1n) is 17.5. The zero-order valence-corrected chi connectivity index (χ0v) is 27.1. The Kier molecular flexibility index (Phi) is 7.01. The van der Waals surface area contributed by atoms with Crippen molar-refractivity contribution >= 4 is 23.2 Å². The van der Waals surface area contributed by atoms with Gasteiger partial charge in [-0.3, -0.25) is 9.59 Å². The van der Waals surface area contributed by atoms with Crippen molar-refractivity contribution < 1.29 is 19.8 Å². The summed E-state index contributed by atoms with van der Waals surface area (Å²) in [4.78, 5) is 25.9. The van der Waals surface area contributed by atoms with Gasteiger partial charge in [-0.1, -0.05) is 43.2 Å². The zero-order valence-electron chi connectivity index (χ0n) is 27.1. The van der Waals surface area contributed by atoms with Crippen molar-refractivity contribution in [2.75, 3.05) is 10.6 Å². The third-order valence-corrected chi connectivity index (χ3v) is 13.5. The van der Waals surface area contributed by atoms with Crippen molar-refractivity contribution in [2.24, 2.45) is 32.8 Å². The fraction of sp³-hybridized carbons (Fsp3) is 0.500. The van der Waals surface area contributed by atoms with Gasteiger partial charge in [0.25, 0.3) is 0 Å². The zero-order chi connectivity index (χ0) is 32.5. The molecule has 7 heteroatoms. The monoisotopic (exact) mass is 639 g/mol. The molecular weight excluding hydrogens is 592 g/mol. The highest BCUT2D eigenvalue weighted by Crippen LogP contribution is 2.83. The average Bonchev–Trinajstić information content (AvgIpc) is 2.94. The van der Waals surface area contributed by atoms with Gasteiger partial charge in [-0.05, 0) is 147 Å². The van der Waals surface area contributed by atoms with Crippen LogP contribution in [0, 0.1) is 38.7 Å². The molecule has 8 saturated carbocycles. The van der Waals surface area contributed by atoms with Crippen LogP contribution in [0.3, 0.4) is 0 Å². The van der Waals surface area contributed by atoms with Crippen LogP contribution in [0.1, 0.15) is 90.5 Å². The van der Waals surface area contributed by atoms with Crippen LogP contribution in [0.2, 0.25) is 0 Å². The molecule has 5 nitrogen and oxygen atoms in total. The van der Waals surface area contributed by atoms with Crippen molar-refractivity contribution in [1.82, 2.24) is 0 Å². The van der Waals surface area contributed by atoms with Gasteiger partial charge in [0.05, 0.1) is 10.8 Å². The maximum atomic E-state index is 13.1. The topological polar surface area (TPSA) is 84.2 Å². The molecule has 0 aliphatic heterocycles. The molecule has 8 aliphatic carbocycles. The van der Waals surface area contributed by atoms with Crippen molar-refractivity contribution in [2.45, 2.75) is 95.4 Å². The molecule has 4 bridgehead atoms. The fourth-order valence-corrected chi connectivity index (χ4v) is 10.8. The van der Waals surface area contributed by atoms with E-state index >= 15 is 0 Å². The Balaban J connectivity index is 0.000000155. The predicted octanol–water partition coefficient (Wildman–Crippen LogP) is 8.80. The molecule has 2 amide bonds. The van der Waals surface area contributed by atoms with Gasteiger partial charge in [-0.2, -0.15) is 0 Å². The van der Waals surface area contributed by atoms with E-state index in [1.807, 2.05) is 0 Å². The number of nitrogens with one attached hydrogen (secondary N) is 2.